The second-order valence-electron chi connectivity index (χ2n) is 7.48. The van der Waals surface area contributed by atoms with E-state index in [4.69, 9.17) is 4.74 Å². The Morgan fingerprint density at radius 2 is 2.03 bits per heavy atom. The fourth-order valence-electron chi connectivity index (χ4n) is 3.77. The zero-order chi connectivity index (χ0) is 20.4. The number of rotatable bonds is 5. The molecule has 0 aromatic carbocycles. The monoisotopic (exact) mass is 403 g/mol. The molecule has 1 saturated heterocycles. The first-order valence-electron chi connectivity index (χ1n) is 9.69. The molecule has 0 spiro atoms. The van der Waals surface area contributed by atoms with E-state index >= 15 is 0 Å². The van der Waals surface area contributed by atoms with Gasteiger partial charge in [0.2, 0.25) is 11.8 Å². The Morgan fingerprint density at radius 3 is 2.76 bits per heavy atom. The minimum Gasteiger partial charge on any atom is -0.476 e. The fraction of sp³-hybridized carbons (Fsp3) is 0.500. The quantitative estimate of drug-likeness (QED) is 0.825. The maximum Gasteiger partial charge on any atom is 0.250 e. The van der Waals surface area contributed by atoms with Gasteiger partial charge in [-0.3, -0.25) is 9.69 Å². The number of hydrogen-bond acceptors (Lipinski definition) is 6. The summed E-state index contributed by atoms with van der Waals surface area (Å²) < 4.78 is 32.7. The molecule has 1 fully saturated rings. The number of fused-ring (bicyclic) bond motifs is 1. The van der Waals surface area contributed by atoms with E-state index in [0.717, 1.165) is 11.1 Å². The van der Waals surface area contributed by atoms with Crippen molar-refractivity contribution in [3.05, 3.63) is 47.7 Å². The number of carbonyl (C=O) groups excluding carboxylic acids is 1. The third kappa shape index (κ3) is 4.34. The number of likely N-dealkylation sites (tertiary alicyclic amines) is 1. The highest BCUT2D eigenvalue weighted by Gasteiger charge is 2.37. The lowest BCUT2D eigenvalue weighted by Gasteiger charge is -2.37. The van der Waals surface area contributed by atoms with Crippen molar-refractivity contribution in [3.8, 4) is 5.88 Å². The van der Waals surface area contributed by atoms with Crippen LogP contribution in [0.3, 0.4) is 0 Å². The van der Waals surface area contributed by atoms with Crippen molar-refractivity contribution >= 4 is 5.91 Å². The fourth-order valence-corrected chi connectivity index (χ4v) is 3.77. The van der Waals surface area contributed by atoms with Crippen LogP contribution in [0.4, 0.5) is 8.78 Å². The Kier molecular flexibility index (Phi) is 5.40. The molecule has 2 aliphatic heterocycles. The SMILES string of the molecule is Cc1ncc(C(CNC(=O)C2COc3ncccc32)N2CCC(F)(F)CC2)cn1. The Hall–Kier alpha value is -2.68. The van der Waals surface area contributed by atoms with Gasteiger partial charge in [0, 0.05) is 62.2 Å². The molecular weight excluding hydrogens is 380 g/mol. The van der Waals surface area contributed by atoms with Crippen LogP contribution in [0.1, 0.15) is 41.8 Å². The Morgan fingerprint density at radius 1 is 1.31 bits per heavy atom. The van der Waals surface area contributed by atoms with Crippen LogP contribution in [0, 0.1) is 6.92 Å². The second kappa shape index (κ2) is 7.98. The highest BCUT2D eigenvalue weighted by Crippen LogP contribution is 2.33. The molecule has 4 heterocycles. The van der Waals surface area contributed by atoms with E-state index in [1.54, 1.807) is 31.6 Å². The van der Waals surface area contributed by atoms with Gasteiger partial charge in [-0.05, 0) is 13.0 Å². The molecule has 1 N–H and O–H groups in total. The van der Waals surface area contributed by atoms with Crippen LogP contribution in [-0.2, 0) is 4.79 Å². The molecule has 2 aromatic heterocycles. The van der Waals surface area contributed by atoms with Gasteiger partial charge in [0.25, 0.3) is 5.92 Å². The van der Waals surface area contributed by atoms with Gasteiger partial charge in [0.1, 0.15) is 18.3 Å². The third-order valence-electron chi connectivity index (χ3n) is 5.50. The van der Waals surface area contributed by atoms with Gasteiger partial charge in [-0.15, -0.1) is 0 Å². The molecular formula is C20H23F2N5O2. The number of nitrogens with zero attached hydrogens (tertiary/aromatic N) is 4. The molecule has 29 heavy (non-hydrogen) atoms. The van der Waals surface area contributed by atoms with Gasteiger partial charge in [-0.1, -0.05) is 6.07 Å². The average Bonchev–Trinajstić information content (AvgIpc) is 3.14. The maximum atomic E-state index is 13.6. The topological polar surface area (TPSA) is 80.2 Å². The van der Waals surface area contributed by atoms with Crippen molar-refractivity contribution in [3.63, 3.8) is 0 Å². The van der Waals surface area contributed by atoms with E-state index in [2.05, 4.69) is 20.3 Å². The summed E-state index contributed by atoms with van der Waals surface area (Å²) in [6, 6.07) is 3.33. The highest BCUT2D eigenvalue weighted by molar-refractivity contribution is 5.85. The van der Waals surface area contributed by atoms with E-state index in [1.807, 2.05) is 11.0 Å². The number of piperidine rings is 1. The number of hydrogen-bond donors (Lipinski definition) is 1. The molecule has 0 saturated carbocycles. The third-order valence-corrected chi connectivity index (χ3v) is 5.50. The molecule has 4 rings (SSSR count). The van der Waals surface area contributed by atoms with E-state index in [1.165, 1.54) is 0 Å². The molecule has 154 valence electrons. The number of aromatic nitrogens is 3. The Bertz CT molecular complexity index is 867. The molecule has 2 unspecified atom stereocenters. The summed E-state index contributed by atoms with van der Waals surface area (Å²) in [5.41, 5.74) is 1.56. The van der Waals surface area contributed by atoms with Gasteiger partial charge >= 0.3 is 0 Å². The summed E-state index contributed by atoms with van der Waals surface area (Å²) in [6.45, 7) is 2.81. The van der Waals surface area contributed by atoms with Crippen LogP contribution < -0.4 is 10.1 Å². The van der Waals surface area contributed by atoms with Gasteiger partial charge in [0.15, 0.2) is 0 Å². The van der Waals surface area contributed by atoms with E-state index < -0.39 is 11.8 Å². The lowest BCUT2D eigenvalue weighted by atomic mass is 10.00. The first-order valence-corrected chi connectivity index (χ1v) is 9.69. The average molecular weight is 403 g/mol. The number of ether oxygens (including phenoxy) is 1. The van der Waals surface area contributed by atoms with Gasteiger partial charge in [-0.25, -0.2) is 23.7 Å². The highest BCUT2D eigenvalue weighted by atomic mass is 19.3. The first-order chi connectivity index (χ1) is 13.9. The largest absolute Gasteiger partial charge is 0.476 e. The number of amides is 1. The molecule has 2 aliphatic rings. The van der Waals surface area contributed by atoms with Crippen LogP contribution in [-0.4, -0.2) is 57.9 Å². The lowest BCUT2D eigenvalue weighted by molar-refractivity contribution is -0.123. The molecule has 0 aliphatic carbocycles. The minimum absolute atomic E-state index is 0.169. The van der Waals surface area contributed by atoms with Gasteiger partial charge in [-0.2, -0.15) is 0 Å². The van der Waals surface area contributed by atoms with E-state index in [9.17, 15) is 13.6 Å². The number of nitrogens with one attached hydrogen (secondary N) is 1. The molecule has 0 bridgehead atoms. The van der Waals surface area contributed by atoms with Crippen LogP contribution in [0.2, 0.25) is 0 Å². The van der Waals surface area contributed by atoms with Crippen molar-refractivity contribution < 1.29 is 18.3 Å². The summed E-state index contributed by atoms with van der Waals surface area (Å²) in [6.07, 6.45) is 4.63. The molecule has 7 nitrogen and oxygen atoms in total. The molecule has 9 heteroatoms. The van der Waals surface area contributed by atoms with Crippen LogP contribution in [0.5, 0.6) is 5.88 Å². The predicted octanol–water partition coefficient (Wildman–Crippen LogP) is 2.24. The lowest BCUT2D eigenvalue weighted by Crippen LogP contribution is -2.45. The Balaban J connectivity index is 1.47. The Labute approximate surface area is 167 Å². The number of pyridine rings is 1. The minimum atomic E-state index is -2.63. The van der Waals surface area contributed by atoms with Crippen molar-refractivity contribution in [1.29, 1.82) is 0 Å². The van der Waals surface area contributed by atoms with Crippen molar-refractivity contribution in [2.45, 2.75) is 37.6 Å². The summed E-state index contributed by atoms with van der Waals surface area (Å²) >= 11 is 0. The summed E-state index contributed by atoms with van der Waals surface area (Å²) in [5.74, 6) is -2.12. The molecule has 1 amide bonds. The number of aryl methyl sites for hydroxylation is 1. The summed E-state index contributed by atoms with van der Waals surface area (Å²) in [5, 5.41) is 2.97. The number of alkyl halides is 2. The van der Waals surface area contributed by atoms with Crippen LogP contribution in [0.15, 0.2) is 30.7 Å². The number of carbonyl (C=O) groups is 1. The van der Waals surface area contributed by atoms with E-state index in [0.29, 0.717) is 11.7 Å². The zero-order valence-corrected chi connectivity index (χ0v) is 16.1. The molecule has 0 radical (unpaired) electrons. The molecule has 2 atom stereocenters. The molecule has 2 aromatic rings. The first kappa shape index (κ1) is 19.6. The van der Waals surface area contributed by atoms with Crippen molar-refractivity contribution in [2.75, 3.05) is 26.2 Å². The number of halogens is 2. The van der Waals surface area contributed by atoms with E-state index in [-0.39, 0.29) is 51.0 Å². The second-order valence-corrected chi connectivity index (χ2v) is 7.48. The maximum absolute atomic E-state index is 13.6. The van der Waals surface area contributed by atoms with Gasteiger partial charge in [0.05, 0.1) is 6.04 Å². The standard InChI is InChI=1S/C20H23F2N5O2/c1-13-24-9-14(10-25-13)17(27-7-4-20(21,22)5-8-27)11-26-18(28)16-12-29-19-15(16)3-2-6-23-19/h2-3,6,9-10,16-17H,4-5,7-8,11-12H2,1H3,(H,26,28). The van der Waals surface area contributed by atoms with Crippen LogP contribution >= 0.6 is 0 Å². The van der Waals surface area contributed by atoms with Crippen molar-refractivity contribution in [2.24, 2.45) is 0 Å². The normalized spacial score (nSPS) is 21.8. The van der Waals surface area contributed by atoms with Crippen molar-refractivity contribution in [1.82, 2.24) is 25.2 Å². The summed E-state index contributed by atoms with van der Waals surface area (Å²) in [4.78, 5) is 27.4. The van der Waals surface area contributed by atoms with Crippen LogP contribution in [0.25, 0.3) is 0 Å². The predicted molar refractivity (Wildman–Crippen MR) is 101 cm³/mol. The smallest absolute Gasteiger partial charge is 0.250 e. The van der Waals surface area contributed by atoms with Gasteiger partial charge < -0.3 is 10.1 Å². The zero-order valence-electron chi connectivity index (χ0n) is 16.1. The summed E-state index contributed by atoms with van der Waals surface area (Å²) in [7, 11) is 0.